The van der Waals surface area contributed by atoms with E-state index in [-0.39, 0.29) is 46.8 Å². The van der Waals surface area contributed by atoms with Crippen LogP contribution in [-0.4, -0.2) is 58.2 Å². The van der Waals surface area contributed by atoms with E-state index in [4.69, 9.17) is 14.6 Å². The minimum atomic E-state index is -4.16. The van der Waals surface area contributed by atoms with Crippen LogP contribution < -0.4 is 14.2 Å². The minimum Gasteiger partial charge on any atom is -0.478 e. The molecular formula is C33H38N6O5S. The molecule has 45 heavy (non-hydrogen) atoms. The molecule has 4 aromatic rings. The fourth-order valence-electron chi connectivity index (χ4n) is 5.92. The summed E-state index contributed by atoms with van der Waals surface area (Å²) < 4.78 is 43.7. The molecule has 12 heteroatoms. The van der Waals surface area contributed by atoms with E-state index >= 15 is 0 Å². The van der Waals surface area contributed by atoms with Crippen molar-refractivity contribution in [2.45, 2.75) is 71.5 Å². The maximum absolute atomic E-state index is 14.3. The van der Waals surface area contributed by atoms with Crippen molar-refractivity contribution in [3.05, 3.63) is 77.0 Å². The molecule has 0 spiro atoms. The van der Waals surface area contributed by atoms with Crippen LogP contribution in [0.1, 0.15) is 60.8 Å². The first kappa shape index (κ1) is 30.6. The first-order valence-electron chi connectivity index (χ1n) is 15.1. The summed E-state index contributed by atoms with van der Waals surface area (Å²) in [5.41, 5.74) is 4.09. The molecule has 0 aliphatic carbocycles. The third kappa shape index (κ3) is 6.65. The van der Waals surface area contributed by atoms with Gasteiger partial charge in [0.25, 0.3) is 15.9 Å². The van der Waals surface area contributed by atoms with Crippen molar-refractivity contribution >= 4 is 21.9 Å². The maximum Gasteiger partial charge on any atom is 0.264 e. The SMILES string of the molecule is Cc1cccc(C)c1-c1cc2nc(n1)NS(=O)(=O)c1cccc(c1)C(=O)N(Cc1cc3n(n1)CCCO3)[C@H](CC(C)(C)C)CO2. The van der Waals surface area contributed by atoms with Gasteiger partial charge in [0.1, 0.15) is 6.61 Å². The molecule has 0 saturated carbocycles. The standard InChI is InChI=1S/C33H38N6O5S/c1-21-9-6-10-22(2)30(21)27-17-28-35-32(34-27)37-45(41,42)26-12-7-11-23(15-26)31(40)38(25(20-44-28)18-33(3,4)5)19-24-16-29-39(36-24)13-8-14-43-29/h6-7,9-12,15-17,25H,8,13-14,18-20H2,1-5H3,(H,34,35,37)/t25-/m1/s1. The monoisotopic (exact) mass is 630 g/mol. The zero-order valence-electron chi connectivity index (χ0n) is 26.2. The molecule has 0 fully saturated rings. The average Bonchev–Trinajstić information content (AvgIpc) is 3.39. The summed E-state index contributed by atoms with van der Waals surface area (Å²) in [6.07, 6.45) is 1.46. The summed E-state index contributed by atoms with van der Waals surface area (Å²) in [5.74, 6) is 0.423. The number of sulfonamides is 1. The van der Waals surface area contributed by atoms with Gasteiger partial charge in [0.2, 0.25) is 17.7 Å². The van der Waals surface area contributed by atoms with Gasteiger partial charge in [-0.1, -0.05) is 45.0 Å². The van der Waals surface area contributed by atoms with Crippen molar-refractivity contribution in [2.24, 2.45) is 5.41 Å². The van der Waals surface area contributed by atoms with Gasteiger partial charge < -0.3 is 14.4 Å². The Morgan fingerprint density at radius 3 is 2.49 bits per heavy atom. The van der Waals surface area contributed by atoms with Crippen molar-refractivity contribution in [3.63, 3.8) is 0 Å². The summed E-state index contributed by atoms with van der Waals surface area (Å²) in [7, 11) is -4.16. The number of rotatable bonds is 4. The van der Waals surface area contributed by atoms with E-state index in [1.165, 1.54) is 12.1 Å². The van der Waals surface area contributed by atoms with Crippen LogP contribution >= 0.6 is 0 Å². The van der Waals surface area contributed by atoms with Crippen molar-refractivity contribution in [1.82, 2.24) is 24.6 Å². The molecule has 2 aromatic carbocycles. The summed E-state index contributed by atoms with van der Waals surface area (Å²) in [4.78, 5) is 25.0. The lowest BCUT2D eigenvalue weighted by Gasteiger charge is -2.35. The predicted octanol–water partition coefficient (Wildman–Crippen LogP) is 5.38. The number of fused-ring (bicyclic) bond motifs is 5. The van der Waals surface area contributed by atoms with Gasteiger partial charge in [-0.3, -0.25) is 4.79 Å². The average molecular weight is 631 g/mol. The Morgan fingerprint density at radius 1 is 1.00 bits per heavy atom. The molecule has 6 rings (SSSR count). The highest BCUT2D eigenvalue weighted by molar-refractivity contribution is 7.92. The van der Waals surface area contributed by atoms with Crippen LogP contribution in [0.25, 0.3) is 11.3 Å². The Bertz CT molecular complexity index is 1820. The molecule has 2 aliphatic rings. The highest BCUT2D eigenvalue weighted by atomic mass is 32.2. The third-order valence-corrected chi connectivity index (χ3v) is 9.25. The van der Waals surface area contributed by atoms with Crippen LogP contribution in [0, 0.1) is 19.3 Å². The quantitative estimate of drug-likeness (QED) is 0.318. The topological polar surface area (TPSA) is 129 Å². The predicted molar refractivity (Wildman–Crippen MR) is 170 cm³/mol. The number of aryl methyl sites for hydroxylation is 3. The van der Waals surface area contributed by atoms with Crippen molar-refractivity contribution < 1.29 is 22.7 Å². The van der Waals surface area contributed by atoms with Gasteiger partial charge >= 0.3 is 0 Å². The Balaban J connectivity index is 1.49. The van der Waals surface area contributed by atoms with Crippen molar-refractivity contribution in [1.29, 1.82) is 0 Å². The minimum absolute atomic E-state index is 0.0747. The lowest BCUT2D eigenvalue weighted by Crippen LogP contribution is -2.45. The largest absolute Gasteiger partial charge is 0.478 e. The van der Waals surface area contributed by atoms with Gasteiger partial charge in [0.15, 0.2) is 0 Å². The fraction of sp³-hybridized carbons (Fsp3) is 0.394. The van der Waals surface area contributed by atoms with E-state index in [1.54, 1.807) is 23.1 Å². The van der Waals surface area contributed by atoms with Gasteiger partial charge in [-0.05, 0) is 55.0 Å². The molecule has 0 unspecified atom stereocenters. The number of nitrogens with one attached hydrogen (secondary N) is 1. The molecule has 1 atom stereocenters. The van der Waals surface area contributed by atoms with Crippen LogP contribution in [0.5, 0.6) is 11.8 Å². The summed E-state index contributed by atoms with van der Waals surface area (Å²) in [5, 5.41) is 4.72. The highest BCUT2D eigenvalue weighted by Crippen LogP contribution is 2.32. The van der Waals surface area contributed by atoms with E-state index in [2.05, 4.69) is 35.5 Å². The number of hydrogen-bond donors (Lipinski definition) is 1. The number of benzene rings is 2. The van der Waals surface area contributed by atoms with E-state index in [0.717, 1.165) is 29.7 Å². The van der Waals surface area contributed by atoms with Crippen LogP contribution in [0.3, 0.4) is 0 Å². The molecule has 236 valence electrons. The number of nitrogens with zero attached hydrogens (tertiary/aromatic N) is 5. The van der Waals surface area contributed by atoms with E-state index in [9.17, 15) is 13.2 Å². The normalized spacial score (nSPS) is 17.9. The molecule has 2 aliphatic heterocycles. The number of hydrogen-bond acceptors (Lipinski definition) is 8. The van der Waals surface area contributed by atoms with E-state index in [0.29, 0.717) is 30.3 Å². The Hall–Kier alpha value is -4.45. The summed E-state index contributed by atoms with van der Waals surface area (Å²) in [6, 6.07) is 15.1. The molecule has 4 heterocycles. The second-order valence-corrected chi connectivity index (χ2v) is 14.6. The van der Waals surface area contributed by atoms with Gasteiger partial charge in [-0.2, -0.15) is 10.1 Å². The van der Waals surface area contributed by atoms with E-state index in [1.807, 2.05) is 42.8 Å². The molecule has 1 amide bonds. The highest BCUT2D eigenvalue weighted by Gasteiger charge is 2.32. The molecule has 0 radical (unpaired) electrons. The molecule has 2 aromatic heterocycles. The van der Waals surface area contributed by atoms with Crippen molar-refractivity contribution in [2.75, 3.05) is 17.9 Å². The Kier molecular flexibility index (Phi) is 8.02. The van der Waals surface area contributed by atoms with Crippen LogP contribution in [0.15, 0.2) is 59.5 Å². The fourth-order valence-corrected chi connectivity index (χ4v) is 6.91. The lowest BCUT2D eigenvalue weighted by atomic mass is 9.87. The van der Waals surface area contributed by atoms with Gasteiger partial charge in [-0.25, -0.2) is 22.8 Å². The number of amides is 1. The third-order valence-electron chi connectivity index (χ3n) is 7.92. The second kappa shape index (κ2) is 11.8. The zero-order valence-corrected chi connectivity index (χ0v) is 27.0. The van der Waals surface area contributed by atoms with Crippen molar-refractivity contribution in [3.8, 4) is 23.0 Å². The number of aromatic nitrogens is 4. The maximum atomic E-state index is 14.3. The first-order valence-corrected chi connectivity index (χ1v) is 16.6. The van der Waals surface area contributed by atoms with E-state index < -0.39 is 16.1 Å². The summed E-state index contributed by atoms with van der Waals surface area (Å²) >= 11 is 0. The van der Waals surface area contributed by atoms with Gasteiger partial charge in [0.05, 0.1) is 35.5 Å². The molecule has 0 saturated heterocycles. The van der Waals surface area contributed by atoms with Crippen LogP contribution in [-0.2, 0) is 23.1 Å². The lowest BCUT2D eigenvalue weighted by molar-refractivity contribution is 0.0508. The molecular weight excluding hydrogens is 592 g/mol. The summed E-state index contributed by atoms with van der Waals surface area (Å²) in [6.45, 7) is 11.9. The van der Waals surface area contributed by atoms with Gasteiger partial charge in [-0.15, -0.1) is 0 Å². The zero-order chi connectivity index (χ0) is 31.9. The first-order chi connectivity index (χ1) is 21.4. The van der Waals surface area contributed by atoms with Gasteiger partial charge in [0, 0.05) is 36.2 Å². The Labute approximate surface area is 263 Å². The van der Waals surface area contributed by atoms with Crippen LogP contribution in [0.2, 0.25) is 0 Å². The molecule has 11 nitrogen and oxygen atoms in total. The number of ether oxygens (including phenoxy) is 2. The molecule has 1 N–H and O–H groups in total. The molecule has 4 bridgehead atoms. The number of carbonyl (C=O) groups excluding carboxylic acids is 1. The number of anilines is 1. The second-order valence-electron chi connectivity index (χ2n) is 12.9. The Morgan fingerprint density at radius 2 is 1.76 bits per heavy atom. The number of carbonyl (C=O) groups is 1. The van der Waals surface area contributed by atoms with Crippen LogP contribution in [0.4, 0.5) is 5.95 Å². The smallest absolute Gasteiger partial charge is 0.264 e.